The van der Waals surface area contributed by atoms with Crippen LogP contribution in [-0.2, 0) is 4.74 Å². The maximum Gasteiger partial charge on any atom is 0.338 e. The van der Waals surface area contributed by atoms with Crippen molar-refractivity contribution in [3.63, 3.8) is 0 Å². The molecular weight excluding hydrogens is 282 g/mol. The Balaban J connectivity index is 1.94. The number of carbonyl (C=O) groups excluding carboxylic acids is 1. The number of carbonyl (C=O) groups is 1. The second-order valence-corrected chi connectivity index (χ2v) is 5.09. The highest BCUT2D eigenvalue weighted by Crippen LogP contribution is 2.27. The van der Waals surface area contributed by atoms with E-state index in [0.717, 1.165) is 17.3 Å². The van der Waals surface area contributed by atoms with Gasteiger partial charge in [0.25, 0.3) is 0 Å². The minimum absolute atomic E-state index is 0.0396. The lowest BCUT2D eigenvalue weighted by molar-refractivity contribution is 0.0313. The summed E-state index contributed by atoms with van der Waals surface area (Å²) in [5.74, 6) is -0.265. The van der Waals surface area contributed by atoms with E-state index in [-0.39, 0.29) is 18.0 Å². The Morgan fingerprint density at radius 2 is 2.06 bits per heavy atom. The molecule has 1 fully saturated rings. The van der Waals surface area contributed by atoms with Crippen molar-refractivity contribution in [3.8, 4) is 6.07 Å². The monoisotopic (exact) mass is 293 g/mol. The number of esters is 1. The molecule has 0 aromatic heterocycles. The zero-order valence-corrected chi connectivity index (χ0v) is 10.8. The second kappa shape index (κ2) is 5.33. The summed E-state index contributed by atoms with van der Waals surface area (Å²) in [7, 11) is 0. The molecule has 0 saturated heterocycles. The zero-order valence-electron chi connectivity index (χ0n) is 9.23. The van der Waals surface area contributed by atoms with Crippen LogP contribution in [0.2, 0.25) is 0 Å². The maximum atomic E-state index is 11.8. The minimum Gasteiger partial charge on any atom is -0.459 e. The molecule has 2 unspecified atom stereocenters. The van der Waals surface area contributed by atoms with Crippen molar-refractivity contribution in [2.24, 2.45) is 5.92 Å². The van der Waals surface area contributed by atoms with Gasteiger partial charge in [0.2, 0.25) is 0 Å². The Bertz CT molecular complexity index is 449. The number of hydrogen-bond donors (Lipinski definition) is 0. The van der Waals surface area contributed by atoms with E-state index in [4.69, 9.17) is 10.00 Å². The Hall–Kier alpha value is -1.34. The third-order valence-electron chi connectivity index (χ3n) is 2.92. The van der Waals surface area contributed by atoms with Gasteiger partial charge in [-0.3, -0.25) is 0 Å². The largest absolute Gasteiger partial charge is 0.459 e. The molecule has 17 heavy (non-hydrogen) atoms. The molecule has 4 heteroatoms. The highest BCUT2D eigenvalue weighted by molar-refractivity contribution is 9.10. The topological polar surface area (TPSA) is 50.1 Å². The third kappa shape index (κ3) is 3.07. The van der Waals surface area contributed by atoms with Crippen molar-refractivity contribution in [2.75, 3.05) is 0 Å². The smallest absolute Gasteiger partial charge is 0.338 e. The molecule has 1 saturated carbocycles. The minimum atomic E-state index is -0.305. The van der Waals surface area contributed by atoms with Crippen LogP contribution >= 0.6 is 15.9 Å². The Morgan fingerprint density at radius 1 is 1.35 bits per heavy atom. The summed E-state index contributed by atoms with van der Waals surface area (Å²) >= 11 is 3.31. The van der Waals surface area contributed by atoms with Gasteiger partial charge in [0, 0.05) is 16.8 Å². The van der Waals surface area contributed by atoms with E-state index in [1.165, 1.54) is 0 Å². The summed E-state index contributed by atoms with van der Waals surface area (Å²) < 4.78 is 6.29. The van der Waals surface area contributed by atoms with E-state index in [0.29, 0.717) is 12.0 Å². The molecule has 0 heterocycles. The first kappa shape index (κ1) is 12.1. The molecule has 0 bridgehead atoms. The Kier molecular flexibility index (Phi) is 3.80. The first-order valence-electron chi connectivity index (χ1n) is 5.55. The number of halogens is 1. The van der Waals surface area contributed by atoms with Gasteiger partial charge in [0.1, 0.15) is 6.10 Å². The van der Waals surface area contributed by atoms with Gasteiger partial charge in [0.05, 0.1) is 11.6 Å². The van der Waals surface area contributed by atoms with Crippen LogP contribution in [0.1, 0.15) is 29.6 Å². The van der Waals surface area contributed by atoms with Crippen LogP contribution < -0.4 is 0 Å². The Morgan fingerprint density at radius 3 is 2.65 bits per heavy atom. The molecular formula is C13H12BrNO2. The molecule has 1 aliphatic rings. The molecule has 3 nitrogen and oxygen atoms in total. The van der Waals surface area contributed by atoms with Crippen molar-refractivity contribution in [3.05, 3.63) is 34.3 Å². The summed E-state index contributed by atoms with van der Waals surface area (Å²) in [6.07, 6.45) is 2.18. The second-order valence-electron chi connectivity index (χ2n) is 4.17. The average Bonchev–Trinajstić information content (AvgIpc) is 2.77. The molecule has 0 N–H and O–H groups in total. The van der Waals surface area contributed by atoms with Crippen molar-refractivity contribution in [1.29, 1.82) is 5.26 Å². The van der Waals surface area contributed by atoms with Gasteiger partial charge in [-0.25, -0.2) is 4.79 Å². The molecule has 0 radical (unpaired) electrons. The lowest BCUT2D eigenvalue weighted by atomic mass is 10.1. The van der Waals surface area contributed by atoms with E-state index < -0.39 is 0 Å². The van der Waals surface area contributed by atoms with Crippen LogP contribution in [0.25, 0.3) is 0 Å². The third-order valence-corrected chi connectivity index (χ3v) is 3.45. The first-order chi connectivity index (χ1) is 8.19. The predicted molar refractivity (Wildman–Crippen MR) is 66.3 cm³/mol. The molecule has 2 atom stereocenters. The van der Waals surface area contributed by atoms with Crippen LogP contribution in [0.3, 0.4) is 0 Å². The summed E-state index contributed by atoms with van der Waals surface area (Å²) in [6.45, 7) is 0. The van der Waals surface area contributed by atoms with Gasteiger partial charge < -0.3 is 4.74 Å². The van der Waals surface area contributed by atoms with Gasteiger partial charge in [0.15, 0.2) is 0 Å². The van der Waals surface area contributed by atoms with Crippen molar-refractivity contribution >= 4 is 21.9 Å². The van der Waals surface area contributed by atoms with Gasteiger partial charge >= 0.3 is 5.97 Å². The molecule has 1 aromatic rings. The van der Waals surface area contributed by atoms with Crippen LogP contribution in [0.5, 0.6) is 0 Å². The van der Waals surface area contributed by atoms with E-state index in [1.807, 2.05) is 12.1 Å². The number of rotatable bonds is 2. The van der Waals surface area contributed by atoms with Crippen LogP contribution in [-0.4, -0.2) is 12.1 Å². The van der Waals surface area contributed by atoms with Gasteiger partial charge in [-0.1, -0.05) is 15.9 Å². The number of ether oxygens (including phenoxy) is 1. The number of nitriles is 1. The molecule has 88 valence electrons. The normalized spacial score (nSPS) is 23.1. The average molecular weight is 294 g/mol. The SMILES string of the molecule is N#CC1CCC(OC(=O)c2ccc(Br)cc2)C1. The van der Waals surface area contributed by atoms with E-state index in [9.17, 15) is 4.79 Å². The number of nitrogens with zero attached hydrogens (tertiary/aromatic N) is 1. The van der Waals surface area contributed by atoms with Gasteiger partial charge in [-0.2, -0.15) is 5.26 Å². The number of hydrogen-bond acceptors (Lipinski definition) is 3. The standard InChI is InChI=1S/C13H12BrNO2/c14-11-4-2-10(3-5-11)13(16)17-12-6-1-9(7-12)8-15/h2-5,9,12H,1,6-7H2. The van der Waals surface area contributed by atoms with E-state index >= 15 is 0 Å². The van der Waals surface area contributed by atoms with Crippen LogP contribution in [0.4, 0.5) is 0 Å². The highest BCUT2D eigenvalue weighted by atomic mass is 79.9. The molecule has 1 aromatic carbocycles. The number of benzene rings is 1. The summed E-state index contributed by atoms with van der Waals surface area (Å²) in [5.41, 5.74) is 0.550. The predicted octanol–water partition coefficient (Wildman–Crippen LogP) is 3.30. The summed E-state index contributed by atoms with van der Waals surface area (Å²) in [5, 5.41) is 8.77. The highest BCUT2D eigenvalue weighted by Gasteiger charge is 2.27. The fraction of sp³-hybridized carbons (Fsp3) is 0.385. The lowest BCUT2D eigenvalue weighted by Gasteiger charge is -2.11. The maximum absolute atomic E-state index is 11.8. The van der Waals surface area contributed by atoms with Crippen LogP contribution in [0.15, 0.2) is 28.7 Å². The van der Waals surface area contributed by atoms with Gasteiger partial charge in [-0.05, 0) is 37.1 Å². The Labute approximate surface area is 109 Å². The fourth-order valence-electron chi connectivity index (χ4n) is 1.97. The van der Waals surface area contributed by atoms with Crippen LogP contribution in [0, 0.1) is 17.2 Å². The quantitative estimate of drug-likeness (QED) is 0.786. The summed E-state index contributed by atoms with van der Waals surface area (Å²) in [6, 6.07) is 9.29. The van der Waals surface area contributed by atoms with Crippen molar-refractivity contribution in [1.82, 2.24) is 0 Å². The summed E-state index contributed by atoms with van der Waals surface area (Å²) in [4.78, 5) is 11.8. The van der Waals surface area contributed by atoms with E-state index in [1.54, 1.807) is 12.1 Å². The molecule has 0 aliphatic heterocycles. The first-order valence-corrected chi connectivity index (χ1v) is 6.34. The molecule has 1 aliphatic carbocycles. The van der Waals surface area contributed by atoms with E-state index in [2.05, 4.69) is 22.0 Å². The van der Waals surface area contributed by atoms with Gasteiger partial charge in [-0.15, -0.1) is 0 Å². The van der Waals surface area contributed by atoms with Crippen molar-refractivity contribution < 1.29 is 9.53 Å². The molecule has 0 amide bonds. The zero-order chi connectivity index (χ0) is 12.3. The fourth-order valence-corrected chi connectivity index (χ4v) is 2.23. The lowest BCUT2D eigenvalue weighted by Crippen LogP contribution is -2.15. The van der Waals surface area contributed by atoms with Crippen molar-refractivity contribution in [2.45, 2.75) is 25.4 Å². The molecule has 2 rings (SSSR count). The molecule has 0 spiro atoms.